The van der Waals surface area contributed by atoms with Crippen molar-refractivity contribution in [3.8, 4) is 5.75 Å². The average molecular weight is 388 g/mol. The monoisotopic (exact) mass is 387 g/mol. The fourth-order valence-corrected chi connectivity index (χ4v) is 3.90. The number of ether oxygens (including phenoxy) is 1. The Labute approximate surface area is 173 Å². The van der Waals surface area contributed by atoms with Gasteiger partial charge >= 0.3 is 0 Å². The summed E-state index contributed by atoms with van der Waals surface area (Å²) in [5.74, 6) is 1.88. The molecule has 0 bridgehead atoms. The fourth-order valence-electron chi connectivity index (χ4n) is 3.90. The number of anilines is 1. The van der Waals surface area contributed by atoms with Gasteiger partial charge in [0, 0.05) is 19.3 Å². The van der Waals surface area contributed by atoms with Gasteiger partial charge in [-0.15, -0.1) is 0 Å². The minimum atomic E-state index is 0.593. The molecule has 2 aromatic carbocycles. The van der Waals surface area contributed by atoms with E-state index >= 15 is 0 Å². The smallest absolute Gasteiger partial charge is 0.126 e. The summed E-state index contributed by atoms with van der Waals surface area (Å²) in [6.07, 6.45) is 5.88. The lowest BCUT2D eigenvalue weighted by Crippen LogP contribution is -2.08. The number of hydrogen-bond acceptors (Lipinski definition) is 4. The highest BCUT2D eigenvalue weighted by atomic mass is 16.5. The molecule has 1 aliphatic rings. The molecule has 1 heterocycles. The summed E-state index contributed by atoms with van der Waals surface area (Å²) in [6, 6.07) is 17.3. The second-order valence-electron chi connectivity index (χ2n) is 7.76. The largest absolute Gasteiger partial charge is 0.494 e. The zero-order chi connectivity index (χ0) is 20.1. The summed E-state index contributed by atoms with van der Waals surface area (Å²) in [6.45, 7) is 4.20. The molecule has 3 N–H and O–H groups in total. The van der Waals surface area contributed by atoms with Crippen LogP contribution in [-0.4, -0.2) is 18.1 Å². The highest BCUT2D eigenvalue weighted by Crippen LogP contribution is 2.28. The number of pyridine rings is 1. The van der Waals surface area contributed by atoms with Crippen molar-refractivity contribution in [2.75, 3.05) is 18.5 Å². The highest BCUT2D eigenvalue weighted by molar-refractivity contribution is 5.45. The van der Waals surface area contributed by atoms with Gasteiger partial charge < -0.3 is 15.8 Å². The standard InChI is InChI=1S/C25H29N3O/c1-18-9-11-28-25(13-18)27-10-2-12-29-24-8-7-21-6-5-20-4-3-19(17-26)14-22(20)15-23(21)16-24/h3-4,7-9,11,13-14,16H,2,5-6,10,12,15,17,26H2,1H3,(H,27,28). The summed E-state index contributed by atoms with van der Waals surface area (Å²) in [4.78, 5) is 4.32. The molecule has 4 heteroatoms. The predicted molar refractivity (Wildman–Crippen MR) is 119 cm³/mol. The van der Waals surface area contributed by atoms with E-state index in [0.29, 0.717) is 13.2 Å². The Morgan fingerprint density at radius 1 is 0.966 bits per heavy atom. The van der Waals surface area contributed by atoms with Gasteiger partial charge in [-0.05, 0) is 90.3 Å². The van der Waals surface area contributed by atoms with Crippen LogP contribution in [0.5, 0.6) is 5.75 Å². The molecule has 0 saturated carbocycles. The Bertz CT molecular complexity index is 984. The second kappa shape index (κ2) is 9.10. The number of benzene rings is 2. The molecule has 1 aliphatic carbocycles. The van der Waals surface area contributed by atoms with Gasteiger partial charge in [0.15, 0.2) is 0 Å². The van der Waals surface area contributed by atoms with Crippen molar-refractivity contribution in [3.63, 3.8) is 0 Å². The number of nitrogens with two attached hydrogens (primary N) is 1. The van der Waals surface area contributed by atoms with E-state index in [1.165, 1.54) is 33.4 Å². The van der Waals surface area contributed by atoms with Crippen LogP contribution in [0.2, 0.25) is 0 Å². The van der Waals surface area contributed by atoms with E-state index in [9.17, 15) is 0 Å². The van der Waals surface area contributed by atoms with Crippen LogP contribution in [0.3, 0.4) is 0 Å². The van der Waals surface area contributed by atoms with E-state index in [1.807, 2.05) is 12.3 Å². The number of aryl methyl sites for hydroxylation is 3. The maximum atomic E-state index is 6.03. The van der Waals surface area contributed by atoms with Crippen molar-refractivity contribution in [3.05, 3.63) is 88.1 Å². The Morgan fingerprint density at radius 2 is 1.76 bits per heavy atom. The van der Waals surface area contributed by atoms with Crippen molar-refractivity contribution >= 4 is 5.82 Å². The molecule has 0 unspecified atom stereocenters. The number of hydrogen-bond donors (Lipinski definition) is 2. The van der Waals surface area contributed by atoms with Crippen molar-refractivity contribution in [1.29, 1.82) is 0 Å². The molecule has 0 amide bonds. The first-order valence-corrected chi connectivity index (χ1v) is 10.4. The predicted octanol–water partition coefficient (Wildman–Crippen LogP) is 4.42. The molecule has 0 atom stereocenters. The third kappa shape index (κ3) is 4.96. The fraction of sp³-hybridized carbons (Fsp3) is 0.320. The molecule has 0 radical (unpaired) electrons. The van der Waals surface area contributed by atoms with Crippen LogP contribution in [0.15, 0.2) is 54.7 Å². The lowest BCUT2D eigenvalue weighted by molar-refractivity contribution is 0.314. The number of fused-ring (bicyclic) bond motifs is 2. The summed E-state index contributed by atoms with van der Waals surface area (Å²) >= 11 is 0. The van der Waals surface area contributed by atoms with E-state index in [-0.39, 0.29) is 0 Å². The van der Waals surface area contributed by atoms with Crippen molar-refractivity contribution in [1.82, 2.24) is 4.98 Å². The summed E-state index contributed by atoms with van der Waals surface area (Å²) in [7, 11) is 0. The first-order valence-electron chi connectivity index (χ1n) is 10.4. The molecule has 0 saturated heterocycles. The summed E-state index contributed by atoms with van der Waals surface area (Å²) in [5.41, 5.74) is 13.9. The van der Waals surface area contributed by atoms with Gasteiger partial charge in [-0.3, -0.25) is 0 Å². The SMILES string of the molecule is Cc1ccnc(NCCCOc2ccc3c(c2)Cc2cc(CN)ccc2CC3)c1. The number of rotatable bonds is 7. The van der Waals surface area contributed by atoms with Crippen LogP contribution in [0, 0.1) is 6.92 Å². The normalized spacial score (nSPS) is 12.6. The third-order valence-electron chi connectivity index (χ3n) is 5.54. The zero-order valence-corrected chi connectivity index (χ0v) is 17.1. The minimum Gasteiger partial charge on any atom is -0.494 e. The van der Waals surface area contributed by atoms with Crippen LogP contribution in [0.1, 0.15) is 39.8 Å². The van der Waals surface area contributed by atoms with Gasteiger partial charge in [0.25, 0.3) is 0 Å². The Hall–Kier alpha value is -2.85. The summed E-state index contributed by atoms with van der Waals surface area (Å²) in [5, 5.41) is 3.35. The van der Waals surface area contributed by atoms with Crippen molar-refractivity contribution in [2.45, 2.75) is 39.2 Å². The zero-order valence-electron chi connectivity index (χ0n) is 17.1. The van der Waals surface area contributed by atoms with Crippen LogP contribution in [-0.2, 0) is 25.8 Å². The molecular formula is C25H29N3O. The van der Waals surface area contributed by atoms with Crippen LogP contribution >= 0.6 is 0 Å². The van der Waals surface area contributed by atoms with Crippen LogP contribution in [0.4, 0.5) is 5.82 Å². The number of aromatic nitrogens is 1. The Kier molecular flexibility index (Phi) is 6.11. The Balaban J connectivity index is 1.34. The Morgan fingerprint density at radius 3 is 2.55 bits per heavy atom. The topological polar surface area (TPSA) is 60.2 Å². The van der Waals surface area contributed by atoms with Crippen molar-refractivity contribution < 1.29 is 4.74 Å². The maximum Gasteiger partial charge on any atom is 0.126 e. The molecule has 1 aromatic heterocycles. The molecule has 3 aromatic rings. The molecular weight excluding hydrogens is 358 g/mol. The molecule has 4 rings (SSSR count). The minimum absolute atomic E-state index is 0.593. The molecule has 29 heavy (non-hydrogen) atoms. The van der Waals surface area contributed by atoms with Gasteiger partial charge in [0.2, 0.25) is 0 Å². The van der Waals surface area contributed by atoms with E-state index < -0.39 is 0 Å². The molecule has 150 valence electrons. The molecule has 0 fully saturated rings. The molecule has 0 spiro atoms. The molecule has 4 nitrogen and oxygen atoms in total. The quantitative estimate of drug-likeness (QED) is 0.589. The van der Waals surface area contributed by atoms with E-state index in [1.54, 1.807) is 0 Å². The first kappa shape index (κ1) is 19.5. The third-order valence-corrected chi connectivity index (χ3v) is 5.54. The van der Waals surface area contributed by atoms with Gasteiger partial charge in [-0.1, -0.05) is 24.3 Å². The summed E-state index contributed by atoms with van der Waals surface area (Å²) < 4.78 is 6.03. The highest BCUT2D eigenvalue weighted by Gasteiger charge is 2.14. The van der Waals surface area contributed by atoms with Gasteiger partial charge in [-0.2, -0.15) is 0 Å². The number of nitrogens with one attached hydrogen (secondary N) is 1. The maximum absolute atomic E-state index is 6.03. The van der Waals surface area contributed by atoms with Gasteiger partial charge in [-0.25, -0.2) is 4.98 Å². The lowest BCUT2D eigenvalue weighted by atomic mass is 9.98. The lowest BCUT2D eigenvalue weighted by Gasteiger charge is -2.12. The van der Waals surface area contributed by atoms with Crippen molar-refractivity contribution in [2.24, 2.45) is 5.73 Å². The first-order chi connectivity index (χ1) is 14.2. The van der Waals surface area contributed by atoms with Gasteiger partial charge in [0.1, 0.15) is 11.6 Å². The second-order valence-corrected chi connectivity index (χ2v) is 7.76. The van der Waals surface area contributed by atoms with Crippen LogP contribution < -0.4 is 15.8 Å². The van der Waals surface area contributed by atoms with E-state index in [0.717, 1.165) is 43.8 Å². The average Bonchev–Trinajstić information content (AvgIpc) is 2.91. The van der Waals surface area contributed by atoms with E-state index in [4.69, 9.17) is 10.5 Å². The number of nitrogens with zero attached hydrogens (tertiary/aromatic N) is 1. The molecule has 0 aliphatic heterocycles. The van der Waals surface area contributed by atoms with E-state index in [2.05, 4.69) is 59.7 Å². The van der Waals surface area contributed by atoms with Gasteiger partial charge in [0.05, 0.1) is 6.61 Å². The van der Waals surface area contributed by atoms with Crippen LogP contribution in [0.25, 0.3) is 0 Å².